The van der Waals surface area contributed by atoms with Gasteiger partial charge in [0.05, 0.1) is 0 Å². The van der Waals surface area contributed by atoms with Gasteiger partial charge in [-0.05, 0) is 37.4 Å². The maximum atomic E-state index is 12.1. The molecule has 2 aromatic rings. The van der Waals surface area contributed by atoms with Crippen LogP contribution in [0.2, 0.25) is 0 Å². The van der Waals surface area contributed by atoms with Crippen molar-refractivity contribution in [3.8, 4) is 0 Å². The minimum Gasteiger partial charge on any atom is -0.356 e. The second kappa shape index (κ2) is 9.60. The van der Waals surface area contributed by atoms with Crippen LogP contribution in [0.1, 0.15) is 68.6 Å². The second-order valence-corrected chi connectivity index (χ2v) is 7.51. The Labute approximate surface area is 160 Å². The fourth-order valence-electron chi connectivity index (χ4n) is 3.35. The third-order valence-corrected chi connectivity index (χ3v) is 4.95. The monoisotopic (exact) mass is 371 g/mol. The van der Waals surface area contributed by atoms with Crippen LogP contribution in [0.25, 0.3) is 0 Å². The normalized spacial score (nSPS) is 20.3. The number of carbonyl (C=O) groups excluding carboxylic acids is 1. The average Bonchev–Trinajstić information content (AvgIpc) is 3.14. The van der Waals surface area contributed by atoms with E-state index < -0.39 is 0 Å². The van der Waals surface area contributed by atoms with Gasteiger partial charge in [-0.25, -0.2) is 0 Å². The topological polar surface area (TPSA) is 84.2 Å². The highest BCUT2D eigenvalue weighted by Gasteiger charge is 2.21. The fourth-order valence-corrected chi connectivity index (χ4v) is 3.35. The minimum atomic E-state index is 0.0974. The van der Waals surface area contributed by atoms with Crippen LogP contribution >= 0.6 is 0 Å². The van der Waals surface area contributed by atoms with Crippen molar-refractivity contribution < 1.29 is 9.32 Å². The highest BCUT2D eigenvalue weighted by Crippen LogP contribution is 2.25. The molecule has 0 spiro atoms. The molecule has 3 heterocycles. The van der Waals surface area contributed by atoms with E-state index >= 15 is 0 Å². The molecule has 146 valence electrons. The number of hydrogen-bond acceptors (Lipinski definition) is 6. The molecule has 0 radical (unpaired) electrons. The molecule has 0 saturated carbocycles. The molecule has 1 aliphatic heterocycles. The first-order chi connectivity index (χ1) is 13.1. The van der Waals surface area contributed by atoms with E-state index in [-0.39, 0.29) is 17.7 Å². The summed E-state index contributed by atoms with van der Waals surface area (Å²) in [5, 5.41) is 7.13. The van der Waals surface area contributed by atoms with Crippen molar-refractivity contribution in [3.63, 3.8) is 0 Å². The molecule has 1 N–H and O–H groups in total. The van der Waals surface area contributed by atoms with Gasteiger partial charge in [0, 0.05) is 50.3 Å². The molecule has 7 nitrogen and oxygen atoms in total. The Morgan fingerprint density at radius 1 is 1.33 bits per heavy atom. The van der Waals surface area contributed by atoms with E-state index in [9.17, 15) is 4.79 Å². The molecule has 1 fully saturated rings. The number of pyridine rings is 1. The van der Waals surface area contributed by atoms with Gasteiger partial charge in [-0.2, -0.15) is 4.98 Å². The number of nitrogens with one attached hydrogen (secondary N) is 1. The van der Waals surface area contributed by atoms with Crippen LogP contribution in [0.3, 0.4) is 0 Å². The van der Waals surface area contributed by atoms with E-state index in [2.05, 4.69) is 45.3 Å². The van der Waals surface area contributed by atoms with Crippen LogP contribution in [-0.4, -0.2) is 45.6 Å². The van der Waals surface area contributed by atoms with Crippen LogP contribution in [0, 0.1) is 0 Å². The van der Waals surface area contributed by atoms with Crippen LogP contribution in [-0.2, 0) is 11.3 Å². The smallest absolute Gasteiger partial charge is 0.229 e. The molecule has 3 rings (SSSR count). The summed E-state index contributed by atoms with van der Waals surface area (Å²) in [6, 6.07) is 4.03. The molecule has 0 bridgehead atoms. The Morgan fingerprint density at radius 3 is 2.96 bits per heavy atom. The van der Waals surface area contributed by atoms with Crippen molar-refractivity contribution >= 4 is 5.91 Å². The third kappa shape index (κ3) is 5.85. The summed E-state index contributed by atoms with van der Waals surface area (Å²) in [6.07, 6.45) is 7.01. The average molecular weight is 371 g/mol. The third-order valence-electron chi connectivity index (χ3n) is 4.95. The van der Waals surface area contributed by atoms with Gasteiger partial charge in [0.25, 0.3) is 0 Å². The van der Waals surface area contributed by atoms with Gasteiger partial charge in [0.2, 0.25) is 11.8 Å². The van der Waals surface area contributed by atoms with E-state index in [1.54, 1.807) is 6.20 Å². The molecule has 7 heteroatoms. The van der Waals surface area contributed by atoms with Gasteiger partial charge in [-0.15, -0.1) is 0 Å². The van der Waals surface area contributed by atoms with Gasteiger partial charge in [-0.3, -0.25) is 14.7 Å². The molecule has 0 aromatic carbocycles. The number of aromatic nitrogens is 3. The summed E-state index contributed by atoms with van der Waals surface area (Å²) < 4.78 is 5.52. The van der Waals surface area contributed by atoms with E-state index in [0.717, 1.165) is 44.7 Å². The summed E-state index contributed by atoms with van der Waals surface area (Å²) in [5.74, 6) is 1.98. The maximum absolute atomic E-state index is 12.1. The molecule has 1 aliphatic rings. The van der Waals surface area contributed by atoms with Crippen LogP contribution in [0.15, 0.2) is 29.0 Å². The number of amides is 1. The Morgan fingerprint density at radius 2 is 2.22 bits per heavy atom. The van der Waals surface area contributed by atoms with Crippen LogP contribution < -0.4 is 5.32 Å². The van der Waals surface area contributed by atoms with Crippen molar-refractivity contribution in [1.82, 2.24) is 25.3 Å². The maximum Gasteiger partial charge on any atom is 0.229 e. The van der Waals surface area contributed by atoms with Crippen LogP contribution in [0.5, 0.6) is 0 Å². The highest BCUT2D eigenvalue weighted by atomic mass is 16.5. The molecular formula is C20H29N5O2. The lowest BCUT2D eigenvalue weighted by Crippen LogP contribution is -2.31. The molecular weight excluding hydrogens is 342 g/mol. The molecule has 27 heavy (non-hydrogen) atoms. The Balaban J connectivity index is 1.65. The van der Waals surface area contributed by atoms with Gasteiger partial charge >= 0.3 is 0 Å². The van der Waals surface area contributed by atoms with Crippen molar-refractivity contribution in [3.05, 3.63) is 41.8 Å². The first-order valence-electron chi connectivity index (χ1n) is 9.83. The summed E-state index contributed by atoms with van der Waals surface area (Å²) in [6.45, 7) is 7.26. The zero-order valence-electron chi connectivity index (χ0n) is 16.2. The SMILES string of the molecule is CC(C)c1noc(C2CCCN(Cc3cccnc3)CCC(=O)NCC2)n1. The minimum absolute atomic E-state index is 0.0974. The Bertz CT molecular complexity index is 716. The molecule has 1 amide bonds. The number of hydrogen-bond donors (Lipinski definition) is 1. The van der Waals surface area contributed by atoms with Gasteiger partial charge in [0.1, 0.15) is 0 Å². The lowest BCUT2D eigenvalue weighted by atomic mass is 9.99. The van der Waals surface area contributed by atoms with Crippen LogP contribution in [0.4, 0.5) is 0 Å². The largest absolute Gasteiger partial charge is 0.356 e. The summed E-state index contributed by atoms with van der Waals surface area (Å²) in [4.78, 5) is 23.2. The summed E-state index contributed by atoms with van der Waals surface area (Å²) >= 11 is 0. The van der Waals surface area contributed by atoms with Crippen molar-refractivity contribution in [2.45, 2.75) is 57.9 Å². The lowest BCUT2D eigenvalue weighted by molar-refractivity contribution is -0.121. The van der Waals surface area contributed by atoms with E-state index in [1.807, 2.05) is 12.3 Å². The summed E-state index contributed by atoms with van der Waals surface area (Å²) in [5.41, 5.74) is 1.17. The quantitative estimate of drug-likeness (QED) is 0.890. The molecule has 2 aromatic heterocycles. The van der Waals surface area contributed by atoms with Crippen molar-refractivity contribution in [2.75, 3.05) is 19.6 Å². The highest BCUT2D eigenvalue weighted by molar-refractivity contribution is 5.76. The second-order valence-electron chi connectivity index (χ2n) is 7.51. The van der Waals surface area contributed by atoms with E-state index in [1.165, 1.54) is 5.56 Å². The fraction of sp³-hybridized carbons (Fsp3) is 0.600. The zero-order valence-corrected chi connectivity index (χ0v) is 16.2. The van der Waals surface area contributed by atoms with Gasteiger partial charge in [-0.1, -0.05) is 25.1 Å². The molecule has 1 atom stereocenters. The first-order valence-corrected chi connectivity index (χ1v) is 9.83. The summed E-state index contributed by atoms with van der Waals surface area (Å²) in [7, 11) is 0. The van der Waals surface area contributed by atoms with Crippen molar-refractivity contribution in [2.24, 2.45) is 0 Å². The predicted octanol–water partition coefficient (Wildman–Crippen LogP) is 2.86. The molecule has 0 aliphatic carbocycles. The zero-order chi connectivity index (χ0) is 19.1. The number of rotatable bonds is 4. The number of carbonyl (C=O) groups is 1. The van der Waals surface area contributed by atoms with Gasteiger partial charge < -0.3 is 9.84 Å². The molecule has 1 unspecified atom stereocenters. The Hall–Kier alpha value is -2.28. The molecule has 1 saturated heterocycles. The standard InChI is InChI=1S/C20H29N5O2/c1-15(2)19-23-20(27-24-19)17-6-4-11-25(12-8-18(26)22-10-7-17)14-16-5-3-9-21-13-16/h3,5,9,13,15,17H,4,6-8,10-12,14H2,1-2H3,(H,22,26). The predicted molar refractivity (Wildman–Crippen MR) is 102 cm³/mol. The Kier molecular flexibility index (Phi) is 6.92. The number of nitrogens with zero attached hydrogens (tertiary/aromatic N) is 4. The van der Waals surface area contributed by atoms with E-state index in [4.69, 9.17) is 4.52 Å². The lowest BCUT2D eigenvalue weighted by Gasteiger charge is -2.22. The van der Waals surface area contributed by atoms with Gasteiger partial charge in [0.15, 0.2) is 5.82 Å². The van der Waals surface area contributed by atoms with Crippen molar-refractivity contribution in [1.29, 1.82) is 0 Å². The van der Waals surface area contributed by atoms with E-state index in [0.29, 0.717) is 18.9 Å². The first kappa shape index (κ1) is 19.5.